The molecule has 1 saturated heterocycles. The number of primary amides is 1. The number of rotatable bonds is 6. The minimum absolute atomic E-state index is 0.136. The van der Waals surface area contributed by atoms with Gasteiger partial charge in [-0.2, -0.15) is 4.31 Å². The maximum Gasteiger partial charge on any atom is 0.245 e. The molecule has 7 nitrogen and oxygen atoms in total. The van der Waals surface area contributed by atoms with Crippen molar-refractivity contribution < 1.29 is 13.2 Å². The van der Waals surface area contributed by atoms with Crippen LogP contribution in [0.5, 0.6) is 0 Å². The van der Waals surface area contributed by atoms with Gasteiger partial charge in [-0.1, -0.05) is 0 Å². The Labute approximate surface area is 150 Å². The molecule has 1 fully saturated rings. The number of carbonyl (C=O) groups is 1. The molecule has 1 atom stereocenters. The van der Waals surface area contributed by atoms with Crippen molar-refractivity contribution in [2.45, 2.75) is 57.5 Å². The fourth-order valence-electron chi connectivity index (χ4n) is 3.40. The molecule has 8 heteroatoms. The molecule has 1 amide bonds. The molecule has 2 heterocycles. The second-order valence-corrected chi connectivity index (χ2v) is 8.91. The predicted molar refractivity (Wildman–Crippen MR) is 97.7 cm³/mol. The topological polar surface area (TPSA) is 96.6 Å². The fourth-order valence-corrected chi connectivity index (χ4v) is 5.18. The lowest BCUT2D eigenvalue weighted by molar-refractivity contribution is -0.122. The zero-order valence-corrected chi connectivity index (χ0v) is 16.2. The van der Waals surface area contributed by atoms with E-state index in [4.69, 9.17) is 5.73 Å². The lowest BCUT2D eigenvalue weighted by atomic mass is 9.97. The third-order valence-corrected chi connectivity index (χ3v) is 6.70. The van der Waals surface area contributed by atoms with Crippen LogP contribution in [-0.2, 0) is 14.8 Å². The van der Waals surface area contributed by atoms with Gasteiger partial charge in [0, 0.05) is 31.4 Å². The van der Waals surface area contributed by atoms with E-state index in [-0.39, 0.29) is 28.8 Å². The summed E-state index contributed by atoms with van der Waals surface area (Å²) in [6, 6.07) is 3.02. The molecule has 0 spiro atoms. The average Bonchev–Trinajstić information content (AvgIpc) is 2.54. The molecule has 2 rings (SSSR count). The van der Waals surface area contributed by atoms with Gasteiger partial charge in [-0.15, -0.1) is 0 Å². The number of hydrogen-bond acceptors (Lipinski definition) is 5. The van der Waals surface area contributed by atoms with Crippen molar-refractivity contribution in [3.63, 3.8) is 0 Å². The van der Waals surface area contributed by atoms with Crippen LogP contribution in [0.4, 0.5) is 5.82 Å². The number of sulfonamides is 1. The van der Waals surface area contributed by atoms with E-state index in [9.17, 15) is 13.2 Å². The molecule has 1 aliphatic heterocycles. The van der Waals surface area contributed by atoms with E-state index in [2.05, 4.69) is 4.98 Å². The summed E-state index contributed by atoms with van der Waals surface area (Å²) in [5.41, 5.74) is 5.41. The second-order valence-electron chi connectivity index (χ2n) is 7.06. The van der Waals surface area contributed by atoms with Crippen LogP contribution in [0.3, 0.4) is 0 Å². The second kappa shape index (κ2) is 7.70. The van der Waals surface area contributed by atoms with Crippen LogP contribution in [0, 0.1) is 5.92 Å². The summed E-state index contributed by atoms with van der Waals surface area (Å²) in [5, 5.41) is 0. The molecule has 1 aliphatic rings. The molecule has 2 N–H and O–H groups in total. The first-order valence-electron chi connectivity index (χ1n) is 8.68. The molecule has 0 saturated carbocycles. The lowest BCUT2D eigenvalue weighted by Gasteiger charge is -2.32. The van der Waals surface area contributed by atoms with Crippen molar-refractivity contribution >= 4 is 21.7 Å². The average molecular weight is 369 g/mol. The van der Waals surface area contributed by atoms with Crippen molar-refractivity contribution in [2.24, 2.45) is 11.7 Å². The molecule has 25 heavy (non-hydrogen) atoms. The minimum atomic E-state index is -3.59. The van der Waals surface area contributed by atoms with Crippen molar-refractivity contribution in [3.05, 3.63) is 18.3 Å². The highest BCUT2D eigenvalue weighted by atomic mass is 32.2. The van der Waals surface area contributed by atoms with E-state index in [0.717, 1.165) is 19.4 Å². The molecule has 1 aromatic rings. The molecule has 0 radical (unpaired) electrons. The Kier molecular flexibility index (Phi) is 6.05. The third kappa shape index (κ3) is 4.30. The standard InChI is InChI=1S/C17H28N4O3S/c1-12(2)21(13(3)4)25(23,24)15-7-8-16(19-10-15)20-9-5-6-14(11-20)17(18)22/h7-8,10,12-14H,5-6,9,11H2,1-4H3,(H2,18,22)/t14-/m1/s1. The van der Waals surface area contributed by atoms with Crippen LogP contribution in [0.2, 0.25) is 0 Å². The molecule has 0 aromatic carbocycles. The summed E-state index contributed by atoms with van der Waals surface area (Å²) < 4.78 is 27.2. The Morgan fingerprint density at radius 1 is 1.28 bits per heavy atom. The van der Waals surface area contributed by atoms with Gasteiger partial charge in [0.15, 0.2) is 0 Å². The molecule has 1 aromatic heterocycles. The van der Waals surface area contributed by atoms with Gasteiger partial charge < -0.3 is 10.6 Å². The minimum Gasteiger partial charge on any atom is -0.369 e. The van der Waals surface area contributed by atoms with Gasteiger partial charge in [-0.25, -0.2) is 13.4 Å². The van der Waals surface area contributed by atoms with Crippen molar-refractivity contribution in [1.82, 2.24) is 9.29 Å². The van der Waals surface area contributed by atoms with Crippen LogP contribution >= 0.6 is 0 Å². The van der Waals surface area contributed by atoms with Gasteiger partial charge in [0.25, 0.3) is 0 Å². The van der Waals surface area contributed by atoms with E-state index < -0.39 is 10.0 Å². The van der Waals surface area contributed by atoms with Crippen LogP contribution < -0.4 is 10.6 Å². The fraction of sp³-hybridized carbons (Fsp3) is 0.647. The number of carbonyl (C=O) groups excluding carboxylic acids is 1. The van der Waals surface area contributed by atoms with Crippen LogP contribution in [-0.4, -0.2) is 48.8 Å². The predicted octanol–water partition coefficient (Wildman–Crippen LogP) is 1.59. The van der Waals surface area contributed by atoms with Crippen LogP contribution in [0.25, 0.3) is 0 Å². The lowest BCUT2D eigenvalue weighted by Crippen LogP contribution is -2.42. The van der Waals surface area contributed by atoms with Crippen LogP contribution in [0.1, 0.15) is 40.5 Å². The Hall–Kier alpha value is -1.67. The number of hydrogen-bond donors (Lipinski definition) is 1. The zero-order chi connectivity index (χ0) is 18.8. The maximum atomic E-state index is 12.9. The highest BCUT2D eigenvalue weighted by Gasteiger charge is 2.30. The third-order valence-electron chi connectivity index (χ3n) is 4.46. The Morgan fingerprint density at radius 3 is 2.40 bits per heavy atom. The van der Waals surface area contributed by atoms with Gasteiger partial charge in [0.1, 0.15) is 10.7 Å². The van der Waals surface area contributed by atoms with Gasteiger partial charge in [-0.3, -0.25) is 4.79 Å². The van der Waals surface area contributed by atoms with Crippen molar-refractivity contribution in [2.75, 3.05) is 18.0 Å². The molecule has 0 unspecified atom stereocenters. The normalized spacial score (nSPS) is 19.0. The van der Waals surface area contributed by atoms with Gasteiger partial charge in [-0.05, 0) is 52.7 Å². The maximum absolute atomic E-state index is 12.9. The number of nitrogens with two attached hydrogens (primary N) is 1. The molecular weight excluding hydrogens is 340 g/mol. The monoisotopic (exact) mass is 368 g/mol. The summed E-state index contributed by atoms with van der Waals surface area (Å²) in [7, 11) is -3.59. The summed E-state index contributed by atoms with van der Waals surface area (Å²) >= 11 is 0. The highest BCUT2D eigenvalue weighted by Crippen LogP contribution is 2.25. The van der Waals surface area contributed by atoms with E-state index in [1.807, 2.05) is 32.6 Å². The van der Waals surface area contributed by atoms with E-state index in [1.165, 1.54) is 10.5 Å². The summed E-state index contributed by atoms with van der Waals surface area (Å²) in [6.07, 6.45) is 3.05. The highest BCUT2D eigenvalue weighted by molar-refractivity contribution is 7.89. The Bertz CT molecular complexity index is 693. The quantitative estimate of drug-likeness (QED) is 0.822. The first-order valence-corrected chi connectivity index (χ1v) is 10.1. The number of aromatic nitrogens is 1. The first-order chi connectivity index (χ1) is 11.6. The van der Waals surface area contributed by atoms with Gasteiger partial charge in [0.2, 0.25) is 15.9 Å². The summed E-state index contributed by atoms with van der Waals surface area (Å²) in [4.78, 5) is 17.9. The zero-order valence-electron chi connectivity index (χ0n) is 15.3. The number of pyridine rings is 1. The molecule has 0 bridgehead atoms. The van der Waals surface area contributed by atoms with Crippen molar-refractivity contribution in [3.8, 4) is 0 Å². The molecular formula is C17H28N4O3S. The van der Waals surface area contributed by atoms with E-state index >= 15 is 0 Å². The van der Waals surface area contributed by atoms with Crippen molar-refractivity contribution in [1.29, 1.82) is 0 Å². The van der Waals surface area contributed by atoms with E-state index in [0.29, 0.717) is 12.4 Å². The van der Waals surface area contributed by atoms with Gasteiger partial charge >= 0.3 is 0 Å². The molecule has 140 valence electrons. The van der Waals surface area contributed by atoms with Gasteiger partial charge in [0.05, 0.1) is 5.92 Å². The van der Waals surface area contributed by atoms with Crippen LogP contribution in [0.15, 0.2) is 23.2 Å². The Morgan fingerprint density at radius 2 is 1.92 bits per heavy atom. The van der Waals surface area contributed by atoms with E-state index in [1.54, 1.807) is 12.1 Å². The SMILES string of the molecule is CC(C)N(C(C)C)S(=O)(=O)c1ccc(N2CCC[C@@H](C(N)=O)C2)nc1. The smallest absolute Gasteiger partial charge is 0.245 e. The first kappa shape index (κ1) is 19.7. The summed E-state index contributed by atoms with van der Waals surface area (Å²) in [6.45, 7) is 8.74. The Balaban J connectivity index is 2.23. The number of anilines is 1. The molecule has 0 aliphatic carbocycles. The number of amides is 1. The largest absolute Gasteiger partial charge is 0.369 e. The summed E-state index contributed by atoms with van der Waals surface area (Å²) in [5.74, 6) is 0.190. The number of piperidine rings is 1. The number of nitrogens with zero attached hydrogens (tertiary/aromatic N) is 3.